The van der Waals surface area contributed by atoms with Crippen LogP contribution in [0.3, 0.4) is 0 Å². The largest absolute Gasteiger partial charge is 0.490 e. The predicted octanol–water partition coefficient (Wildman–Crippen LogP) is 2.01. The first-order chi connectivity index (χ1) is 12.5. The first-order valence-electron chi connectivity index (χ1n) is 7.99. The van der Waals surface area contributed by atoms with Crippen molar-refractivity contribution >= 4 is 23.6 Å². The number of carboxylic acid groups (broad SMARTS) is 1. The molecule has 9 heteroatoms. The average Bonchev–Trinajstić information content (AvgIpc) is 2.66. The molecule has 136 valence electrons. The highest BCUT2D eigenvalue weighted by molar-refractivity contribution is 6.29. The van der Waals surface area contributed by atoms with E-state index in [1.807, 2.05) is 0 Å². The zero-order valence-electron chi connectivity index (χ0n) is 13.8. The number of nitrogens with zero attached hydrogens (tertiary/aromatic N) is 4. The Morgan fingerprint density at radius 2 is 2.12 bits per heavy atom. The lowest BCUT2D eigenvalue weighted by Gasteiger charge is -2.39. The number of halogens is 1. The Kier molecular flexibility index (Phi) is 5.52. The van der Waals surface area contributed by atoms with Gasteiger partial charge in [0.2, 0.25) is 0 Å². The van der Waals surface area contributed by atoms with E-state index in [1.165, 1.54) is 4.90 Å². The lowest BCUT2D eigenvalue weighted by molar-refractivity contribution is 0.0335. The molecule has 1 N–H and O–H groups in total. The van der Waals surface area contributed by atoms with Crippen LogP contribution in [0.15, 0.2) is 42.7 Å². The van der Waals surface area contributed by atoms with Crippen molar-refractivity contribution in [2.45, 2.75) is 6.04 Å². The van der Waals surface area contributed by atoms with Crippen LogP contribution in [0.1, 0.15) is 10.5 Å². The standard InChI is InChI=1S/C17H17ClN4O4/c18-15-5-1-4-14(20-15)16(23)22-8-7-21(17(24)25)10-12(22)11-26-13-3-2-6-19-9-13/h1-6,9,12H,7-8,10-11H2,(H,24,25). The molecule has 0 bridgehead atoms. The molecule has 1 saturated heterocycles. The second kappa shape index (κ2) is 8.01. The number of pyridine rings is 2. The summed E-state index contributed by atoms with van der Waals surface area (Å²) in [6.07, 6.45) is 2.16. The number of aromatic nitrogens is 2. The van der Waals surface area contributed by atoms with Crippen LogP contribution in [0.2, 0.25) is 5.15 Å². The Morgan fingerprint density at radius 3 is 2.81 bits per heavy atom. The van der Waals surface area contributed by atoms with Crippen molar-refractivity contribution in [2.24, 2.45) is 0 Å². The fourth-order valence-corrected chi connectivity index (χ4v) is 2.90. The van der Waals surface area contributed by atoms with E-state index in [0.717, 1.165) is 0 Å². The van der Waals surface area contributed by atoms with Crippen LogP contribution in [-0.4, -0.2) is 69.2 Å². The lowest BCUT2D eigenvalue weighted by Crippen LogP contribution is -2.58. The Labute approximate surface area is 155 Å². The number of carbonyl (C=O) groups excluding carboxylic acids is 1. The molecule has 1 fully saturated rings. The summed E-state index contributed by atoms with van der Waals surface area (Å²) >= 11 is 5.87. The molecule has 2 aromatic heterocycles. The number of hydrogen-bond donors (Lipinski definition) is 1. The number of piperazine rings is 1. The molecule has 1 aliphatic rings. The highest BCUT2D eigenvalue weighted by atomic mass is 35.5. The number of hydrogen-bond acceptors (Lipinski definition) is 5. The van der Waals surface area contributed by atoms with Crippen molar-refractivity contribution < 1.29 is 19.4 Å². The molecule has 1 unspecified atom stereocenters. The summed E-state index contributed by atoms with van der Waals surface area (Å²) in [5, 5.41) is 9.49. The van der Waals surface area contributed by atoms with E-state index in [2.05, 4.69) is 9.97 Å². The van der Waals surface area contributed by atoms with Crippen LogP contribution in [0.25, 0.3) is 0 Å². The molecule has 1 aliphatic heterocycles. The molecule has 26 heavy (non-hydrogen) atoms. The topological polar surface area (TPSA) is 95.9 Å². The van der Waals surface area contributed by atoms with E-state index in [1.54, 1.807) is 47.6 Å². The molecular weight excluding hydrogens is 360 g/mol. The molecule has 3 heterocycles. The summed E-state index contributed by atoms with van der Waals surface area (Å²) in [6, 6.07) is 7.85. The van der Waals surface area contributed by atoms with Crippen molar-refractivity contribution in [3.63, 3.8) is 0 Å². The maximum Gasteiger partial charge on any atom is 0.407 e. The number of ether oxygens (including phenoxy) is 1. The minimum absolute atomic E-state index is 0.141. The molecule has 0 radical (unpaired) electrons. The fourth-order valence-electron chi connectivity index (χ4n) is 2.74. The minimum atomic E-state index is -1.02. The lowest BCUT2D eigenvalue weighted by atomic mass is 10.1. The van der Waals surface area contributed by atoms with Gasteiger partial charge >= 0.3 is 6.09 Å². The Balaban J connectivity index is 1.77. The number of amides is 2. The molecule has 3 rings (SSSR count). The molecule has 8 nitrogen and oxygen atoms in total. The summed E-state index contributed by atoms with van der Waals surface area (Å²) in [7, 11) is 0. The third-order valence-corrected chi connectivity index (χ3v) is 4.24. The summed E-state index contributed by atoms with van der Waals surface area (Å²) in [4.78, 5) is 35.0. The highest BCUT2D eigenvalue weighted by Gasteiger charge is 2.34. The molecule has 0 spiro atoms. The first-order valence-corrected chi connectivity index (χ1v) is 8.36. The minimum Gasteiger partial charge on any atom is -0.490 e. The van der Waals surface area contributed by atoms with Gasteiger partial charge in [0.15, 0.2) is 0 Å². The quantitative estimate of drug-likeness (QED) is 0.820. The van der Waals surface area contributed by atoms with Crippen LogP contribution in [-0.2, 0) is 0 Å². The first kappa shape index (κ1) is 17.9. The van der Waals surface area contributed by atoms with Gasteiger partial charge in [0.05, 0.1) is 12.2 Å². The SMILES string of the molecule is O=C(O)N1CCN(C(=O)c2cccc(Cl)n2)C(COc2cccnc2)C1. The monoisotopic (exact) mass is 376 g/mol. The van der Waals surface area contributed by atoms with Gasteiger partial charge in [0.1, 0.15) is 23.2 Å². The van der Waals surface area contributed by atoms with E-state index >= 15 is 0 Å². The van der Waals surface area contributed by atoms with Gasteiger partial charge in [-0.2, -0.15) is 0 Å². The van der Waals surface area contributed by atoms with Crippen LogP contribution in [0, 0.1) is 0 Å². The zero-order chi connectivity index (χ0) is 18.5. The maximum absolute atomic E-state index is 12.8. The van der Waals surface area contributed by atoms with Gasteiger partial charge in [-0.25, -0.2) is 9.78 Å². The molecule has 0 aliphatic carbocycles. The third-order valence-electron chi connectivity index (χ3n) is 4.03. The van der Waals surface area contributed by atoms with Crippen molar-refractivity contribution in [1.82, 2.24) is 19.8 Å². The molecule has 0 saturated carbocycles. The van der Waals surface area contributed by atoms with Gasteiger partial charge in [-0.1, -0.05) is 17.7 Å². The van der Waals surface area contributed by atoms with Crippen LogP contribution < -0.4 is 4.74 Å². The van der Waals surface area contributed by atoms with Crippen molar-refractivity contribution in [3.8, 4) is 5.75 Å². The molecule has 2 aromatic rings. The van der Waals surface area contributed by atoms with E-state index in [4.69, 9.17) is 16.3 Å². The third kappa shape index (κ3) is 4.20. The van der Waals surface area contributed by atoms with Gasteiger partial charge in [-0.15, -0.1) is 0 Å². The van der Waals surface area contributed by atoms with E-state index in [-0.39, 0.29) is 43.0 Å². The van der Waals surface area contributed by atoms with Gasteiger partial charge in [-0.3, -0.25) is 9.78 Å². The zero-order valence-corrected chi connectivity index (χ0v) is 14.5. The summed E-state index contributed by atoms with van der Waals surface area (Å²) in [5.74, 6) is 0.241. The van der Waals surface area contributed by atoms with Crippen molar-refractivity contribution in [1.29, 1.82) is 0 Å². The second-order valence-electron chi connectivity index (χ2n) is 5.73. The van der Waals surface area contributed by atoms with Crippen molar-refractivity contribution in [3.05, 3.63) is 53.6 Å². The molecular formula is C17H17ClN4O4. The highest BCUT2D eigenvalue weighted by Crippen LogP contribution is 2.17. The van der Waals surface area contributed by atoms with Gasteiger partial charge in [0.25, 0.3) is 5.91 Å². The van der Waals surface area contributed by atoms with Gasteiger partial charge in [0, 0.05) is 25.8 Å². The van der Waals surface area contributed by atoms with E-state index in [9.17, 15) is 14.7 Å². The molecule has 1 atom stereocenters. The van der Waals surface area contributed by atoms with Crippen LogP contribution in [0.5, 0.6) is 5.75 Å². The fraction of sp³-hybridized carbons (Fsp3) is 0.294. The molecule has 0 aromatic carbocycles. The normalized spacial score (nSPS) is 17.0. The van der Waals surface area contributed by atoms with E-state index in [0.29, 0.717) is 5.75 Å². The van der Waals surface area contributed by atoms with Gasteiger partial charge in [-0.05, 0) is 24.3 Å². The van der Waals surface area contributed by atoms with Crippen LogP contribution >= 0.6 is 11.6 Å². The Hall–Kier alpha value is -2.87. The van der Waals surface area contributed by atoms with Gasteiger partial charge < -0.3 is 19.6 Å². The van der Waals surface area contributed by atoms with E-state index < -0.39 is 12.1 Å². The average molecular weight is 377 g/mol. The summed E-state index contributed by atoms with van der Waals surface area (Å²) in [6.45, 7) is 0.773. The number of carbonyl (C=O) groups is 2. The predicted molar refractivity (Wildman–Crippen MR) is 93.4 cm³/mol. The molecule has 2 amide bonds. The Morgan fingerprint density at radius 1 is 1.27 bits per heavy atom. The summed E-state index contributed by atoms with van der Waals surface area (Å²) < 4.78 is 5.69. The van der Waals surface area contributed by atoms with Crippen molar-refractivity contribution in [2.75, 3.05) is 26.2 Å². The second-order valence-corrected chi connectivity index (χ2v) is 6.11. The number of rotatable bonds is 4. The van der Waals surface area contributed by atoms with Crippen LogP contribution in [0.4, 0.5) is 4.79 Å². The Bertz CT molecular complexity index is 789. The maximum atomic E-state index is 12.8. The summed E-state index contributed by atoms with van der Waals surface area (Å²) in [5.41, 5.74) is 0.215. The smallest absolute Gasteiger partial charge is 0.407 e.